The van der Waals surface area contributed by atoms with E-state index in [-0.39, 0.29) is 0 Å². The minimum atomic E-state index is 1.16. The maximum Gasteiger partial charge on any atom is 0.0542 e. The third-order valence-electron chi connectivity index (χ3n) is 11.9. The SMILES string of the molecule is c1ccc2c(c1)-c1ccccc1-c1ccc(-c3ccccc3-n3c4ccccc4c4cc(-n5c6ccccc6c6ccccc65)ccc43)cc1-c1ccccc1-2. The van der Waals surface area contributed by atoms with E-state index in [1.165, 1.54) is 99.2 Å². The zero-order valence-corrected chi connectivity index (χ0v) is 30.5. The van der Waals surface area contributed by atoms with Gasteiger partial charge in [-0.1, -0.05) is 158 Å². The number of aromatic nitrogens is 2. The molecule has 0 bridgehead atoms. The largest absolute Gasteiger partial charge is 0.309 e. The highest BCUT2D eigenvalue weighted by atomic mass is 15.0. The number of para-hydroxylation sites is 4. The van der Waals surface area contributed by atoms with Crippen molar-refractivity contribution < 1.29 is 0 Å². The highest BCUT2D eigenvalue weighted by Crippen LogP contribution is 2.49. The van der Waals surface area contributed by atoms with Crippen molar-refractivity contribution in [2.45, 2.75) is 0 Å². The quantitative estimate of drug-likeness (QED) is 0.173. The van der Waals surface area contributed by atoms with Crippen molar-refractivity contribution in [3.8, 4) is 67.0 Å². The number of rotatable bonds is 3. The molecule has 260 valence electrons. The predicted octanol–water partition coefficient (Wildman–Crippen LogP) is 14.5. The minimum absolute atomic E-state index is 1.16. The summed E-state index contributed by atoms with van der Waals surface area (Å²) in [6.45, 7) is 0. The van der Waals surface area contributed by atoms with Gasteiger partial charge in [-0.15, -0.1) is 0 Å². The van der Waals surface area contributed by atoms with Crippen LogP contribution in [0.5, 0.6) is 0 Å². The number of fused-ring (bicyclic) bond motifs is 14. The molecule has 0 fully saturated rings. The predicted molar refractivity (Wildman–Crippen MR) is 236 cm³/mol. The Labute approximate surface area is 324 Å². The van der Waals surface area contributed by atoms with Gasteiger partial charge in [0.1, 0.15) is 0 Å². The molecule has 0 amide bonds. The molecule has 1 aliphatic carbocycles. The Morgan fingerprint density at radius 3 is 1.18 bits per heavy atom. The van der Waals surface area contributed by atoms with E-state index in [0.29, 0.717) is 0 Å². The molecule has 0 spiro atoms. The summed E-state index contributed by atoms with van der Waals surface area (Å²) in [5, 5.41) is 5.01. The second-order valence-corrected chi connectivity index (χ2v) is 14.8. The van der Waals surface area contributed by atoms with E-state index in [9.17, 15) is 0 Å². The maximum atomic E-state index is 2.46. The molecule has 0 unspecified atom stereocenters. The molecule has 2 heteroatoms. The van der Waals surface area contributed by atoms with Crippen LogP contribution in [-0.2, 0) is 0 Å². The van der Waals surface area contributed by atoms with Crippen LogP contribution >= 0.6 is 0 Å². The summed E-state index contributed by atoms with van der Waals surface area (Å²) in [6, 6.07) is 75.9. The summed E-state index contributed by atoms with van der Waals surface area (Å²) in [6.07, 6.45) is 0. The van der Waals surface area contributed by atoms with Crippen molar-refractivity contribution in [1.29, 1.82) is 0 Å². The van der Waals surface area contributed by atoms with Crippen molar-refractivity contribution >= 4 is 43.6 Å². The van der Waals surface area contributed by atoms with Crippen molar-refractivity contribution in [1.82, 2.24) is 9.13 Å². The Bertz CT molecular complexity index is 3310. The summed E-state index contributed by atoms with van der Waals surface area (Å²) >= 11 is 0. The summed E-state index contributed by atoms with van der Waals surface area (Å²) < 4.78 is 4.88. The van der Waals surface area contributed by atoms with Gasteiger partial charge in [0.05, 0.1) is 27.8 Å². The lowest BCUT2D eigenvalue weighted by molar-refractivity contribution is 1.17. The number of hydrogen-bond acceptors (Lipinski definition) is 0. The second-order valence-electron chi connectivity index (χ2n) is 14.8. The lowest BCUT2D eigenvalue weighted by atomic mass is 9.80. The molecule has 0 saturated carbocycles. The Morgan fingerprint density at radius 2 is 0.625 bits per heavy atom. The van der Waals surface area contributed by atoms with Crippen LogP contribution in [0.1, 0.15) is 0 Å². The fourth-order valence-electron chi connectivity index (χ4n) is 9.50. The van der Waals surface area contributed by atoms with E-state index in [4.69, 9.17) is 0 Å². The first-order valence-corrected chi connectivity index (χ1v) is 19.4. The lowest BCUT2D eigenvalue weighted by Gasteiger charge is -2.24. The van der Waals surface area contributed by atoms with Crippen molar-refractivity contribution in [3.63, 3.8) is 0 Å². The summed E-state index contributed by atoms with van der Waals surface area (Å²) in [4.78, 5) is 0. The van der Waals surface area contributed by atoms with Gasteiger partial charge in [-0.25, -0.2) is 0 Å². The van der Waals surface area contributed by atoms with Gasteiger partial charge in [-0.2, -0.15) is 0 Å². The molecular weight excluding hydrogens is 677 g/mol. The van der Waals surface area contributed by atoms with Gasteiger partial charge in [-0.3, -0.25) is 0 Å². The molecule has 2 heterocycles. The molecule has 0 aliphatic heterocycles. The molecule has 0 radical (unpaired) electrons. The van der Waals surface area contributed by atoms with Gasteiger partial charge in [0, 0.05) is 32.8 Å². The molecule has 1 aliphatic rings. The Kier molecular flexibility index (Phi) is 6.66. The Morgan fingerprint density at radius 1 is 0.232 bits per heavy atom. The van der Waals surface area contributed by atoms with Crippen LogP contribution in [0.15, 0.2) is 206 Å². The standard InChI is InChI=1S/C54H34N2/c1-2-17-39-38(16-1)40-18-3-4-20-42(40)44-31-29-35(33-48(44)43-21-6-5-19-41(39)43)37-15-7-11-25-50(37)56-53-28-14-10-24-47(53)49-34-36(30-32-54(49)56)55-51-26-12-8-22-45(51)46-23-9-13-27-52(46)55/h1-34H. The number of benzene rings is 9. The third-order valence-corrected chi connectivity index (χ3v) is 11.9. The first-order valence-electron chi connectivity index (χ1n) is 19.4. The molecule has 0 atom stereocenters. The zero-order valence-electron chi connectivity index (χ0n) is 30.5. The molecule has 9 aromatic carbocycles. The van der Waals surface area contributed by atoms with Crippen LogP contribution in [0.4, 0.5) is 0 Å². The van der Waals surface area contributed by atoms with E-state index in [2.05, 4.69) is 215 Å². The van der Waals surface area contributed by atoms with Crippen molar-refractivity contribution in [2.24, 2.45) is 0 Å². The van der Waals surface area contributed by atoms with Crippen LogP contribution in [0.3, 0.4) is 0 Å². The van der Waals surface area contributed by atoms with Gasteiger partial charge in [0.15, 0.2) is 0 Å². The molecule has 56 heavy (non-hydrogen) atoms. The molecule has 2 nitrogen and oxygen atoms in total. The van der Waals surface area contributed by atoms with E-state index in [0.717, 1.165) is 11.4 Å². The topological polar surface area (TPSA) is 9.86 Å². The average Bonchev–Trinajstić information content (AvgIpc) is 3.78. The van der Waals surface area contributed by atoms with E-state index < -0.39 is 0 Å². The molecule has 12 rings (SSSR count). The molecule has 0 N–H and O–H groups in total. The average molecular weight is 711 g/mol. The van der Waals surface area contributed by atoms with E-state index >= 15 is 0 Å². The minimum Gasteiger partial charge on any atom is -0.309 e. The summed E-state index contributed by atoms with van der Waals surface area (Å²) in [5.74, 6) is 0. The Hall–Kier alpha value is -7.42. The van der Waals surface area contributed by atoms with Gasteiger partial charge in [0.25, 0.3) is 0 Å². The van der Waals surface area contributed by atoms with Crippen molar-refractivity contribution in [2.75, 3.05) is 0 Å². The maximum absolute atomic E-state index is 2.46. The summed E-state index contributed by atoms with van der Waals surface area (Å²) in [7, 11) is 0. The smallest absolute Gasteiger partial charge is 0.0542 e. The van der Waals surface area contributed by atoms with E-state index in [1.807, 2.05) is 0 Å². The van der Waals surface area contributed by atoms with Crippen LogP contribution in [0.25, 0.3) is 111 Å². The van der Waals surface area contributed by atoms with Crippen LogP contribution in [0, 0.1) is 0 Å². The van der Waals surface area contributed by atoms with Gasteiger partial charge in [-0.05, 0) is 98.6 Å². The molecule has 0 saturated heterocycles. The zero-order chi connectivity index (χ0) is 36.7. The fraction of sp³-hybridized carbons (Fsp3) is 0. The van der Waals surface area contributed by atoms with Gasteiger partial charge >= 0.3 is 0 Å². The molecule has 2 aromatic heterocycles. The highest BCUT2D eigenvalue weighted by molar-refractivity contribution is 6.13. The monoisotopic (exact) mass is 710 g/mol. The first kappa shape index (κ1) is 31.0. The number of nitrogens with zero attached hydrogens (tertiary/aromatic N) is 2. The van der Waals surface area contributed by atoms with Crippen LogP contribution < -0.4 is 0 Å². The summed E-state index contributed by atoms with van der Waals surface area (Å²) in [5.41, 5.74) is 19.6. The normalized spacial score (nSPS) is 11.9. The lowest BCUT2D eigenvalue weighted by Crippen LogP contribution is -1.99. The third kappa shape index (κ3) is 4.44. The van der Waals surface area contributed by atoms with E-state index in [1.54, 1.807) is 0 Å². The number of hydrogen-bond donors (Lipinski definition) is 0. The van der Waals surface area contributed by atoms with Gasteiger partial charge in [0.2, 0.25) is 0 Å². The second kappa shape index (κ2) is 12.0. The Balaban J connectivity index is 1.08. The molecular formula is C54H34N2. The van der Waals surface area contributed by atoms with Crippen LogP contribution in [-0.4, -0.2) is 9.13 Å². The van der Waals surface area contributed by atoms with Crippen LogP contribution in [0.2, 0.25) is 0 Å². The fourth-order valence-corrected chi connectivity index (χ4v) is 9.50. The first-order chi connectivity index (χ1) is 27.8. The van der Waals surface area contributed by atoms with Crippen molar-refractivity contribution in [3.05, 3.63) is 206 Å². The van der Waals surface area contributed by atoms with Gasteiger partial charge < -0.3 is 9.13 Å². The molecule has 11 aromatic rings. The highest BCUT2D eigenvalue weighted by Gasteiger charge is 2.23.